The molecule has 2 atom stereocenters. The van der Waals surface area contributed by atoms with Gasteiger partial charge in [0.25, 0.3) is 0 Å². The molecule has 7 heteroatoms. The fourth-order valence-corrected chi connectivity index (χ4v) is 4.30. The Morgan fingerprint density at radius 3 is 1.88 bits per heavy atom. The molecule has 2 unspecified atom stereocenters. The van der Waals surface area contributed by atoms with Crippen LogP contribution in [0.1, 0.15) is 123 Å². The van der Waals surface area contributed by atoms with E-state index in [1.54, 1.807) is 4.57 Å². The van der Waals surface area contributed by atoms with E-state index in [4.69, 9.17) is 10.5 Å². The molecule has 0 saturated heterocycles. The van der Waals surface area contributed by atoms with Crippen LogP contribution in [0.4, 0.5) is 5.82 Å². The van der Waals surface area contributed by atoms with Gasteiger partial charge in [-0.25, -0.2) is 15.0 Å². The summed E-state index contributed by atoms with van der Waals surface area (Å²) in [5, 5.41) is 10.6. The fourth-order valence-electron chi connectivity index (χ4n) is 4.30. The summed E-state index contributed by atoms with van der Waals surface area (Å²) >= 11 is 0. The molecule has 0 aliphatic carbocycles. The first-order chi connectivity index (χ1) is 16.1. The average molecular weight is 462 g/mol. The molecule has 0 radical (unpaired) electrons. The highest BCUT2D eigenvalue weighted by molar-refractivity contribution is 5.81. The molecule has 33 heavy (non-hydrogen) atoms. The number of aliphatic hydroxyl groups is 1. The van der Waals surface area contributed by atoms with Gasteiger partial charge >= 0.3 is 0 Å². The average Bonchev–Trinajstić information content (AvgIpc) is 3.26. The van der Waals surface area contributed by atoms with E-state index in [0.717, 1.165) is 6.42 Å². The van der Waals surface area contributed by atoms with Crippen molar-refractivity contribution in [1.82, 2.24) is 19.5 Å². The molecular weight excluding hydrogens is 414 g/mol. The van der Waals surface area contributed by atoms with Gasteiger partial charge in [0, 0.05) is 6.61 Å². The van der Waals surface area contributed by atoms with E-state index in [9.17, 15) is 5.11 Å². The van der Waals surface area contributed by atoms with E-state index in [-0.39, 0.29) is 6.10 Å². The minimum Gasteiger partial charge on any atom is -0.382 e. The van der Waals surface area contributed by atoms with Crippen LogP contribution in [0, 0.1) is 0 Å². The molecule has 0 saturated carbocycles. The van der Waals surface area contributed by atoms with E-state index in [2.05, 4.69) is 21.9 Å². The largest absolute Gasteiger partial charge is 0.382 e. The highest BCUT2D eigenvalue weighted by atomic mass is 16.5. The van der Waals surface area contributed by atoms with Crippen LogP contribution in [0.25, 0.3) is 11.2 Å². The molecular formula is C26H47N5O2. The summed E-state index contributed by atoms with van der Waals surface area (Å²) in [5.41, 5.74) is 6.84. The second-order valence-corrected chi connectivity index (χ2v) is 9.38. The highest BCUT2D eigenvalue weighted by Crippen LogP contribution is 2.21. The third-order valence-corrected chi connectivity index (χ3v) is 6.47. The lowest BCUT2D eigenvalue weighted by Crippen LogP contribution is -2.24. The Balaban J connectivity index is 1.41. The maximum absolute atomic E-state index is 10.6. The lowest BCUT2D eigenvalue weighted by atomic mass is 10.0. The number of anilines is 1. The lowest BCUT2D eigenvalue weighted by Gasteiger charge is -2.20. The molecule has 0 spiro atoms. The molecule has 0 amide bonds. The molecule has 0 aliphatic heterocycles. The van der Waals surface area contributed by atoms with Crippen LogP contribution in [0.15, 0.2) is 12.7 Å². The van der Waals surface area contributed by atoms with Gasteiger partial charge in [0.1, 0.15) is 11.8 Å². The zero-order valence-electron chi connectivity index (χ0n) is 21.1. The maximum Gasteiger partial charge on any atom is 0.167 e. The number of nitrogen functional groups attached to an aromatic ring is 1. The number of aromatic nitrogens is 4. The van der Waals surface area contributed by atoms with Gasteiger partial charge in [-0.15, -0.1) is 0 Å². The number of aliphatic hydroxyl groups excluding tert-OH is 1. The summed E-state index contributed by atoms with van der Waals surface area (Å²) in [6, 6.07) is 0. The van der Waals surface area contributed by atoms with Crippen molar-refractivity contribution >= 4 is 17.0 Å². The number of unbranched alkanes of at least 4 members (excludes halogenated alkanes) is 15. The Labute approximate surface area is 200 Å². The molecule has 188 valence electrons. The van der Waals surface area contributed by atoms with E-state index in [1.807, 2.05) is 6.92 Å². The summed E-state index contributed by atoms with van der Waals surface area (Å²) in [4.78, 5) is 12.3. The second kappa shape index (κ2) is 16.8. The van der Waals surface area contributed by atoms with Gasteiger partial charge in [-0.05, 0) is 13.3 Å². The number of rotatable bonds is 20. The first-order valence-corrected chi connectivity index (χ1v) is 13.4. The first-order valence-electron chi connectivity index (χ1n) is 13.4. The smallest absolute Gasteiger partial charge is 0.167 e. The highest BCUT2D eigenvalue weighted by Gasteiger charge is 2.20. The third-order valence-electron chi connectivity index (χ3n) is 6.47. The van der Waals surface area contributed by atoms with Gasteiger partial charge in [-0.2, -0.15) is 0 Å². The van der Waals surface area contributed by atoms with Crippen molar-refractivity contribution in [3.63, 3.8) is 0 Å². The first kappa shape index (κ1) is 27.5. The van der Waals surface area contributed by atoms with E-state index < -0.39 is 6.23 Å². The summed E-state index contributed by atoms with van der Waals surface area (Å²) in [7, 11) is 0. The molecule has 2 aromatic rings. The van der Waals surface area contributed by atoms with Gasteiger partial charge in [0.15, 0.2) is 17.7 Å². The Morgan fingerprint density at radius 2 is 1.33 bits per heavy atom. The van der Waals surface area contributed by atoms with Crippen LogP contribution in [-0.2, 0) is 4.74 Å². The molecule has 2 aromatic heterocycles. The van der Waals surface area contributed by atoms with Crippen molar-refractivity contribution < 1.29 is 9.84 Å². The number of fused-ring (bicyclic) bond motifs is 1. The van der Waals surface area contributed by atoms with Crippen molar-refractivity contribution in [3.8, 4) is 0 Å². The Kier molecular flexibility index (Phi) is 14.0. The molecule has 2 rings (SSSR count). The quantitative estimate of drug-likeness (QED) is 0.216. The van der Waals surface area contributed by atoms with Crippen molar-refractivity contribution in [3.05, 3.63) is 12.7 Å². The van der Waals surface area contributed by atoms with Gasteiger partial charge in [-0.3, -0.25) is 4.57 Å². The number of ether oxygens (including phenoxy) is 1. The zero-order chi connectivity index (χ0) is 23.7. The Bertz CT molecular complexity index is 751. The lowest BCUT2D eigenvalue weighted by molar-refractivity contribution is -0.0618. The SMILES string of the molecule is CCCCCCCCCCCCCCCCCCOC(C)C(O)n1cnc2c(N)ncnc21. The topological polar surface area (TPSA) is 99.1 Å². The Morgan fingerprint density at radius 1 is 0.818 bits per heavy atom. The van der Waals surface area contributed by atoms with Crippen molar-refractivity contribution in [2.75, 3.05) is 12.3 Å². The van der Waals surface area contributed by atoms with E-state index >= 15 is 0 Å². The van der Waals surface area contributed by atoms with Crippen molar-refractivity contribution in [2.45, 2.75) is 129 Å². The van der Waals surface area contributed by atoms with Crippen molar-refractivity contribution in [2.24, 2.45) is 0 Å². The van der Waals surface area contributed by atoms with Crippen LogP contribution in [0.2, 0.25) is 0 Å². The van der Waals surface area contributed by atoms with Gasteiger partial charge in [0.2, 0.25) is 0 Å². The monoisotopic (exact) mass is 461 g/mol. The standard InChI is InChI=1S/C26H47N5O2/c1-3-4-5-6-7-8-9-10-11-12-13-14-15-16-17-18-19-33-22(2)26(32)31-21-30-23-24(27)28-20-29-25(23)31/h20-22,26,32H,3-19H2,1-2H3,(H2,27,28,29). The molecule has 2 heterocycles. The molecule has 0 bridgehead atoms. The van der Waals surface area contributed by atoms with Crippen LogP contribution < -0.4 is 5.73 Å². The third kappa shape index (κ3) is 10.4. The summed E-state index contributed by atoms with van der Waals surface area (Å²) in [5.74, 6) is 0.313. The summed E-state index contributed by atoms with van der Waals surface area (Å²) in [6.07, 6.45) is 23.4. The van der Waals surface area contributed by atoms with Gasteiger partial charge in [0.05, 0.1) is 12.4 Å². The molecule has 0 aliphatic rings. The van der Waals surface area contributed by atoms with Gasteiger partial charge in [-0.1, -0.05) is 103 Å². The van der Waals surface area contributed by atoms with Crippen molar-refractivity contribution in [1.29, 1.82) is 0 Å². The van der Waals surface area contributed by atoms with E-state index in [0.29, 0.717) is 23.6 Å². The van der Waals surface area contributed by atoms with Crippen LogP contribution in [0.3, 0.4) is 0 Å². The predicted octanol–water partition coefficient (Wildman–Crippen LogP) is 6.57. The Hall–Kier alpha value is -1.73. The van der Waals surface area contributed by atoms with Crippen LogP contribution >= 0.6 is 0 Å². The summed E-state index contributed by atoms with van der Waals surface area (Å²) in [6.45, 7) is 4.80. The molecule has 3 N–H and O–H groups in total. The molecule has 7 nitrogen and oxygen atoms in total. The van der Waals surface area contributed by atoms with Crippen LogP contribution in [0.5, 0.6) is 0 Å². The number of nitrogens with zero attached hydrogens (tertiary/aromatic N) is 4. The van der Waals surface area contributed by atoms with Crippen LogP contribution in [-0.4, -0.2) is 37.3 Å². The molecule has 0 aromatic carbocycles. The zero-order valence-corrected chi connectivity index (χ0v) is 21.1. The normalized spacial score (nSPS) is 13.5. The fraction of sp³-hybridized carbons (Fsp3) is 0.808. The predicted molar refractivity (Wildman–Crippen MR) is 136 cm³/mol. The van der Waals surface area contributed by atoms with Gasteiger partial charge < -0.3 is 15.6 Å². The van der Waals surface area contributed by atoms with E-state index in [1.165, 1.54) is 109 Å². The number of hydrogen-bond acceptors (Lipinski definition) is 6. The minimum absolute atomic E-state index is 0.313. The number of hydrogen-bond donors (Lipinski definition) is 2. The molecule has 0 fully saturated rings. The minimum atomic E-state index is -0.856. The second-order valence-electron chi connectivity index (χ2n) is 9.38. The number of imidazole rings is 1. The maximum atomic E-state index is 10.6. The summed E-state index contributed by atoms with van der Waals surface area (Å²) < 4.78 is 7.44. The number of nitrogens with two attached hydrogens (primary N) is 1.